The van der Waals surface area contributed by atoms with E-state index >= 15 is 0 Å². The summed E-state index contributed by atoms with van der Waals surface area (Å²) < 4.78 is 6.40. The number of anilines is 2. The number of hydrogen-bond acceptors (Lipinski definition) is 12. The fourth-order valence-corrected chi connectivity index (χ4v) is 5.73. The molecule has 0 aliphatic heterocycles. The Bertz CT molecular complexity index is 1310. The summed E-state index contributed by atoms with van der Waals surface area (Å²) in [6, 6.07) is 1.06. The predicted molar refractivity (Wildman–Crippen MR) is 146 cm³/mol. The largest absolute Gasteiger partial charge is 0.460 e. The van der Waals surface area contributed by atoms with Crippen molar-refractivity contribution in [3.63, 3.8) is 0 Å². The molecule has 5 N–H and O–H groups in total. The Morgan fingerprint density at radius 2 is 1.92 bits per heavy atom. The molecule has 0 aromatic carbocycles. The zero-order chi connectivity index (χ0) is 27.8. The number of aryl methyl sites for hydroxylation is 2. The maximum Gasteiger partial charge on any atom is 0.308 e. The SMILES string of the molecule is Cc1nc(NC(C)CC(=O)OC(C)(C)C)nc(NC2CC(CO)C(O)C2O)c1-c1nc2c(C)nccc2s1. The summed E-state index contributed by atoms with van der Waals surface area (Å²) in [6.07, 6.45) is 0.0975. The molecule has 4 rings (SSSR count). The second-order valence-corrected chi connectivity index (χ2v) is 11.9. The Balaban J connectivity index is 1.68. The Morgan fingerprint density at radius 1 is 1.18 bits per heavy atom. The first-order chi connectivity index (χ1) is 17.9. The third-order valence-electron chi connectivity index (χ3n) is 6.42. The van der Waals surface area contributed by atoms with Gasteiger partial charge in [0.05, 0.1) is 40.2 Å². The molecule has 11 nitrogen and oxygen atoms in total. The van der Waals surface area contributed by atoms with E-state index in [1.54, 1.807) is 6.20 Å². The number of aliphatic hydroxyl groups excluding tert-OH is 3. The van der Waals surface area contributed by atoms with Gasteiger partial charge in [-0.1, -0.05) is 0 Å². The molecule has 0 amide bonds. The van der Waals surface area contributed by atoms with Crippen LogP contribution in [-0.4, -0.2) is 77.7 Å². The number of pyridine rings is 1. The second-order valence-electron chi connectivity index (χ2n) is 10.9. The maximum atomic E-state index is 12.3. The molecule has 12 heteroatoms. The maximum absolute atomic E-state index is 12.3. The van der Waals surface area contributed by atoms with Gasteiger partial charge in [0.25, 0.3) is 0 Å². The molecule has 0 radical (unpaired) electrons. The van der Waals surface area contributed by atoms with E-state index in [1.165, 1.54) is 11.3 Å². The Morgan fingerprint density at radius 3 is 2.55 bits per heavy atom. The van der Waals surface area contributed by atoms with Crippen molar-refractivity contribution in [1.82, 2.24) is 19.9 Å². The van der Waals surface area contributed by atoms with Gasteiger partial charge in [-0.25, -0.2) is 9.97 Å². The summed E-state index contributed by atoms with van der Waals surface area (Å²) in [7, 11) is 0. The van der Waals surface area contributed by atoms with E-state index in [2.05, 4.69) is 20.6 Å². The number of esters is 1. The molecule has 0 bridgehead atoms. The van der Waals surface area contributed by atoms with E-state index < -0.39 is 29.8 Å². The number of aliphatic hydroxyl groups is 3. The van der Waals surface area contributed by atoms with Crippen LogP contribution in [0.5, 0.6) is 0 Å². The van der Waals surface area contributed by atoms with Crippen molar-refractivity contribution in [2.75, 3.05) is 17.2 Å². The lowest BCUT2D eigenvalue weighted by Crippen LogP contribution is -2.36. The van der Waals surface area contributed by atoms with Gasteiger partial charge in [-0.15, -0.1) is 11.3 Å². The second kappa shape index (κ2) is 11.0. The summed E-state index contributed by atoms with van der Waals surface area (Å²) in [5.41, 5.74) is 2.35. The van der Waals surface area contributed by atoms with Crippen molar-refractivity contribution in [2.24, 2.45) is 5.92 Å². The molecule has 38 heavy (non-hydrogen) atoms. The number of carbonyl (C=O) groups is 1. The molecule has 1 aliphatic rings. The number of nitrogens with one attached hydrogen (secondary N) is 2. The van der Waals surface area contributed by atoms with E-state index in [-0.39, 0.29) is 25.0 Å². The molecule has 3 aromatic heterocycles. The first-order valence-electron chi connectivity index (χ1n) is 12.7. The molecule has 0 spiro atoms. The first-order valence-corrected chi connectivity index (χ1v) is 13.5. The van der Waals surface area contributed by atoms with Crippen LogP contribution in [0.1, 0.15) is 51.9 Å². The molecule has 3 aromatic rings. The Hall–Kier alpha value is -2.93. The normalized spacial score (nSPS) is 22.4. The van der Waals surface area contributed by atoms with Gasteiger partial charge in [0.15, 0.2) is 0 Å². The number of thiazole rings is 1. The Labute approximate surface area is 225 Å². The van der Waals surface area contributed by atoms with Gasteiger partial charge < -0.3 is 30.7 Å². The molecule has 3 heterocycles. The van der Waals surface area contributed by atoms with Crippen LogP contribution in [0.15, 0.2) is 12.3 Å². The average Bonchev–Trinajstić information content (AvgIpc) is 3.34. The fraction of sp³-hybridized carbons (Fsp3) is 0.577. The minimum Gasteiger partial charge on any atom is -0.460 e. The molecule has 1 fully saturated rings. The summed E-state index contributed by atoms with van der Waals surface area (Å²) >= 11 is 1.49. The van der Waals surface area contributed by atoms with E-state index in [4.69, 9.17) is 14.7 Å². The van der Waals surface area contributed by atoms with Gasteiger partial charge in [-0.2, -0.15) is 4.98 Å². The van der Waals surface area contributed by atoms with Crippen molar-refractivity contribution >= 4 is 39.3 Å². The van der Waals surface area contributed by atoms with Crippen molar-refractivity contribution < 1.29 is 24.9 Å². The number of nitrogens with zero attached hydrogens (tertiary/aromatic N) is 4. The molecule has 1 aliphatic carbocycles. The van der Waals surface area contributed by atoms with Crippen LogP contribution in [0.25, 0.3) is 20.8 Å². The van der Waals surface area contributed by atoms with Crippen LogP contribution in [-0.2, 0) is 9.53 Å². The minimum atomic E-state index is -1.08. The number of hydrogen-bond donors (Lipinski definition) is 5. The first kappa shape index (κ1) is 28.1. The van der Waals surface area contributed by atoms with Crippen molar-refractivity contribution in [3.05, 3.63) is 23.7 Å². The van der Waals surface area contributed by atoms with E-state index in [9.17, 15) is 20.1 Å². The minimum absolute atomic E-state index is 0.125. The summed E-state index contributed by atoms with van der Waals surface area (Å²) in [5, 5.41) is 37.8. The Kier molecular flexibility index (Phi) is 8.17. The van der Waals surface area contributed by atoms with Crippen molar-refractivity contribution in [1.29, 1.82) is 0 Å². The van der Waals surface area contributed by atoms with Crippen LogP contribution in [0.2, 0.25) is 0 Å². The summed E-state index contributed by atoms with van der Waals surface area (Å²) in [6.45, 7) is 10.8. The topological polar surface area (TPSA) is 163 Å². The lowest BCUT2D eigenvalue weighted by Gasteiger charge is -2.23. The van der Waals surface area contributed by atoms with E-state index in [1.807, 2.05) is 47.6 Å². The third-order valence-corrected chi connectivity index (χ3v) is 7.46. The number of aromatic nitrogens is 4. The number of fused-ring (bicyclic) bond motifs is 1. The monoisotopic (exact) mass is 544 g/mol. The van der Waals surface area contributed by atoms with Gasteiger partial charge in [-0.05, 0) is 54.0 Å². The van der Waals surface area contributed by atoms with Crippen LogP contribution >= 0.6 is 11.3 Å². The molecule has 5 atom stereocenters. The van der Waals surface area contributed by atoms with Crippen LogP contribution < -0.4 is 10.6 Å². The molecular formula is C26H36N6O5S. The molecule has 5 unspecified atom stereocenters. The van der Waals surface area contributed by atoms with Gasteiger partial charge >= 0.3 is 5.97 Å². The van der Waals surface area contributed by atoms with Crippen LogP contribution in [0, 0.1) is 19.8 Å². The van der Waals surface area contributed by atoms with E-state index in [0.717, 1.165) is 15.9 Å². The fourth-order valence-electron chi connectivity index (χ4n) is 4.62. The van der Waals surface area contributed by atoms with Crippen molar-refractivity contribution in [2.45, 2.75) is 84.3 Å². The standard InChI is InChI=1S/C26H36N6O5S/c1-12(9-18(34)37-26(4,5)6)28-25-29-13(2)19(24-31-20-14(3)27-8-7-17(20)38-24)23(32-25)30-16-10-15(11-33)21(35)22(16)36/h7-8,12,15-16,21-22,33,35-36H,9-11H2,1-6H3,(H2,28,29,30,32). The van der Waals surface area contributed by atoms with E-state index in [0.29, 0.717) is 34.5 Å². The molecule has 0 saturated heterocycles. The summed E-state index contributed by atoms with van der Waals surface area (Å²) in [4.78, 5) is 30.8. The highest BCUT2D eigenvalue weighted by molar-refractivity contribution is 7.21. The van der Waals surface area contributed by atoms with Crippen LogP contribution in [0.4, 0.5) is 11.8 Å². The number of rotatable bonds is 8. The zero-order valence-electron chi connectivity index (χ0n) is 22.5. The molecule has 206 valence electrons. The molecule has 1 saturated carbocycles. The van der Waals surface area contributed by atoms with Gasteiger partial charge in [0.1, 0.15) is 28.0 Å². The lowest BCUT2D eigenvalue weighted by molar-refractivity contribution is -0.154. The van der Waals surface area contributed by atoms with Gasteiger partial charge in [0, 0.05) is 24.8 Å². The van der Waals surface area contributed by atoms with Crippen LogP contribution in [0.3, 0.4) is 0 Å². The highest BCUT2D eigenvalue weighted by Gasteiger charge is 2.41. The smallest absolute Gasteiger partial charge is 0.308 e. The lowest BCUT2D eigenvalue weighted by atomic mass is 10.1. The third kappa shape index (κ3) is 6.20. The highest BCUT2D eigenvalue weighted by atomic mass is 32.1. The number of ether oxygens (including phenoxy) is 1. The predicted octanol–water partition coefficient (Wildman–Crippen LogP) is 2.81. The van der Waals surface area contributed by atoms with Gasteiger partial charge in [0.2, 0.25) is 5.95 Å². The van der Waals surface area contributed by atoms with Crippen molar-refractivity contribution in [3.8, 4) is 10.6 Å². The zero-order valence-corrected chi connectivity index (χ0v) is 23.3. The highest BCUT2D eigenvalue weighted by Crippen LogP contribution is 2.38. The molecular weight excluding hydrogens is 508 g/mol. The summed E-state index contributed by atoms with van der Waals surface area (Å²) in [5.74, 6) is -0.0447. The average molecular weight is 545 g/mol. The quantitative estimate of drug-likeness (QED) is 0.265. The van der Waals surface area contributed by atoms with Gasteiger partial charge in [-0.3, -0.25) is 9.78 Å². The number of carbonyl (C=O) groups excluding carboxylic acids is 1.